The molecule has 0 aromatic heterocycles. The van der Waals surface area contributed by atoms with Gasteiger partial charge in [0.05, 0.1) is 6.42 Å². The Morgan fingerprint density at radius 3 is 2.41 bits per heavy atom. The Hall–Kier alpha value is -1.69. The predicted molar refractivity (Wildman–Crippen MR) is 125 cm³/mol. The van der Waals surface area contributed by atoms with E-state index in [9.17, 15) is 19.5 Å². The highest BCUT2D eigenvalue weighted by molar-refractivity contribution is 5.85. The number of esters is 2. The van der Waals surface area contributed by atoms with Gasteiger partial charge in [-0.05, 0) is 54.8 Å². The number of hydrogen-bond donors (Lipinski definition) is 1. The molecule has 5 aliphatic rings. The third-order valence-electron chi connectivity index (χ3n) is 11.3. The van der Waals surface area contributed by atoms with E-state index in [2.05, 4.69) is 40.7 Å². The van der Waals surface area contributed by atoms with Crippen molar-refractivity contribution in [3.8, 4) is 0 Å². The molecule has 34 heavy (non-hydrogen) atoms. The summed E-state index contributed by atoms with van der Waals surface area (Å²) < 4.78 is 11.3. The third kappa shape index (κ3) is 2.93. The topological polar surface area (TPSA) is 89.9 Å². The van der Waals surface area contributed by atoms with Gasteiger partial charge in [-0.3, -0.25) is 14.4 Å². The van der Waals surface area contributed by atoms with Gasteiger partial charge in [-0.1, -0.05) is 46.3 Å². The molecule has 0 bridgehead atoms. The molecule has 1 heterocycles. The highest BCUT2D eigenvalue weighted by atomic mass is 16.6. The number of rotatable bonds is 2. The smallest absolute Gasteiger partial charge is 0.308 e. The van der Waals surface area contributed by atoms with Crippen LogP contribution in [0, 0.1) is 39.4 Å². The highest BCUT2D eigenvalue weighted by Gasteiger charge is 2.70. The summed E-state index contributed by atoms with van der Waals surface area (Å²) in [6.45, 7) is 12.5. The second kappa shape index (κ2) is 7.18. The molecule has 6 nitrogen and oxygen atoms in total. The van der Waals surface area contributed by atoms with Crippen LogP contribution in [0.25, 0.3) is 0 Å². The third-order valence-corrected chi connectivity index (χ3v) is 11.3. The minimum absolute atomic E-state index is 0.0353. The van der Waals surface area contributed by atoms with E-state index >= 15 is 0 Å². The van der Waals surface area contributed by atoms with Crippen molar-refractivity contribution in [2.75, 3.05) is 6.61 Å². The Labute approximate surface area is 202 Å². The largest absolute Gasteiger partial charge is 0.462 e. The quantitative estimate of drug-likeness (QED) is 0.474. The number of ketones is 1. The molecule has 0 spiro atoms. The molecule has 5 rings (SSSR count). The predicted octanol–water partition coefficient (Wildman–Crippen LogP) is 4.38. The number of allylic oxidation sites excluding steroid dienone is 1. The monoisotopic (exact) mass is 472 g/mol. The van der Waals surface area contributed by atoms with Gasteiger partial charge in [0.25, 0.3) is 0 Å². The van der Waals surface area contributed by atoms with Crippen LogP contribution in [0.4, 0.5) is 0 Å². The van der Waals surface area contributed by atoms with Crippen LogP contribution < -0.4 is 0 Å². The van der Waals surface area contributed by atoms with E-state index < -0.39 is 11.0 Å². The summed E-state index contributed by atoms with van der Waals surface area (Å²) in [4.78, 5) is 37.3. The highest BCUT2D eigenvalue weighted by Crippen LogP contribution is 2.73. The first-order valence-electron chi connectivity index (χ1n) is 13.0. The first-order chi connectivity index (χ1) is 15.7. The van der Waals surface area contributed by atoms with Gasteiger partial charge in [0.1, 0.15) is 24.1 Å². The van der Waals surface area contributed by atoms with E-state index in [1.807, 2.05) is 0 Å². The van der Waals surface area contributed by atoms with Gasteiger partial charge in [0, 0.05) is 30.1 Å². The Bertz CT molecular complexity index is 981. The lowest BCUT2D eigenvalue weighted by atomic mass is 9.37. The molecule has 188 valence electrons. The Morgan fingerprint density at radius 2 is 1.79 bits per heavy atom. The molecule has 0 aromatic carbocycles. The summed E-state index contributed by atoms with van der Waals surface area (Å²) in [5.41, 5.74) is -1.05. The number of aliphatic hydroxyl groups is 1. The molecular formula is C28H40O6. The van der Waals surface area contributed by atoms with Crippen LogP contribution >= 0.6 is 0 Å². The van der Waals surface area contributed by atoms with E-state index in [4.69, 9.17) is 9.47 Å². The molecular weight excluding hydrogens is 432 g/mol. The molecule has 4 aliphatic carbocycles. The number of cyclic esters (lactones) is 1. The lowest BCUT2D eigenvalue weighted by Gasteiger charge is -2.68. The van der Waals surface area contributed by atoms with Crippen molar-refractivity contribution in [1.82, 2.24) is 0 Å². The van der Waals surface area contributed by atoms with Crippen molar-refractivity contribution < 1.29 is 29.0 Å². The fourth-order valence-electron chi connectivity index (χ4n) is 9.71. The fraction of sp³-hybridized carbons (Fsp3) is 0.821. The maximum atomic E-state index is 13.0. The van der Waals surface area contributed by atoms with E-state index in [0.29, 0.717) is 25.0 Å². The lowest BCUT2D eigenvalue weighted by molar-refractivity contribution is -0.207. The minimum Gasteiger partial charge on any atom is -0.462 e. The minimum atomic E-state index is -1.16. The zero-order valence-corrected chi connectivity index (χ0v) is 21.5. The van der Waals surface area contributed by atoms with Gasteiger partial charge in [-0.25, -0.2) is 0 Å². The first-order valence-corrected chi connectivity index (χ1v) is 13.0. The van der Waals surface area contributed by atoms with Crippen molar-refractivity contribution in [3.63, 3.8) is 0 Å². The van der Waals surface area contributed by atoms with Crippen LogP contribution in [-0.2, 0) is 23.9 Å². The van der Waals surface area contributed by atoms with Crippen molar-refractivity contribution in [2.45, 2.75) is 98.2 Å². The number of ether oxygens (including phenoxy) is 2. The molecule has 0 radical (unpaired) electrons. The van der Waals surface area contributed by atoms with Crippen LogP contribution in [0.5, 0.6) is 0 Å². The normalized spacial score (nSPS) is 49.4. The summed E-state index contributed by atoms with van der Waals surface area (Å²) in [6.07, 6.45) is 6.68. The summed E-state index contributed by atoms with van der Waals surface area (Å²) in [6, 6.07) is 0. The van der Waals surface area contributed by atoms with Gasteiger partial charge in [-0.15, -0.1) is 0 Å². The van der Waals surface area contributed by atoms with Crippen LogP contribution in [0.2, 0.25) is 0 Å². The van der Waals surface area contributed by atoms with E-state index in [0.717, 1.165) is 19.3 Å². The van der Waals surface area contributed by atoms with E-state index in [-0.39, 0.29) is 65.1 Å². The first kappa shape index (κ1) is 24.0. The van der Waals surface area contributed by atoms with Crippen molar-refractivity contribution in [2.24, 2.45) is 39.4 Å². The Kier molecular flexibility index (Phi) is 5.07. The second-order valence-electron chi connectivity index (χ2n) is 13.2. The maximum absolute atomic E-state index is 13.0. The van der Waals surface area contributed by atoms with Crippen LogP contribution in [-0.4, -0.2) is 41.1 Å². The number of Topliss-reactive ketones (excluding diaryl/α,β-unsaturated/α-hetero) is 1. The Balaban J connectivity index is 1.59. The molecule has 3 saturated carbocycles. The molecule has 6 heteroatoms. The summed E-state index contributed by atoms with van der Waals surface area (Å²) >= 11 is 0. The molecule has 8 atom stereocenters. The zero-order valence-electron chi connectivity index (χ0n) is 21.5. The summed E-state index contributed by atoms with van der Waals surface area (Å²) in [5.74, 6) is 0.00502. The van der Waals surface area contributed by atoms with E-state index in [1.165, 1.54) is 12.5 Å². The average molecular weight is 473 g/mol. The molecule has 1 N–H and O–H groups in total. The van der Waals surface area contributed by atoms with Crippen molar-refractivity contribution in [3.05, 3.63) is 11.6 Å². The van der Waals surface area contributed by atoms with Gasteiger partial charge >= 0.3 is 11.9 Å². The maximum Gasteiger partial charge on any atom is 0.308 e. The summed E-state index contributed by atoms with van der Waals surface area (Å²) in [7, 11) is 0. The summed E-state index contributed by atoms with van der Waals surface area (Å²) in [5, 5.41) is 11.5. The number of carbonyl (C=O) groups excluding carboxylic acids is 3. The number of hydrogen-bond acceptors (Lipinski definition) is 6. The van der Waals surface area contributed by atoms with Crippen LogP contribution in [0.1, 0.15) is 86.5 Å². The van der Waals surface area contributed by atoms with Gasteiger partial charge < -0.3 is 14.6 Å². The molecule has 0 amide bonds. The van der Waals surface area contributed by atoms with Gasteiger partial charge in [0.15, 0.2) is 0 Å². The molecule has 4 fully saturated rings. The second-order valence-corrected chi connectivity index (χ2v) is 13.2. The van der Waals surface area contributed by atoms with Crippen LogP contribution in [0.3, 0.4) is 0 Å². The SMILES string of the molecule is CC(=O)O[C@@H]1C[C@H]2C(C)(C)C(=O)CC[C@]2(C)[C@H]2CC[C@]3(C)C(=CC[C@H]3[C@@]3(O)COC(=O)C3)[C@@]21C. The molecule has 1 aliphatic heterocycles. The molecule has 0 aromatic rings. The van der Waals surface area contributed by atoms with Crippen molar-refractivity contribution >= 4 is 17.7 Å². The van der Waals surface area contributed by atoms with Gasteiger partial charge in [-0.2, -0.15) is 0 Å². The average Bonchev–Trinajstić information content (AvgIpc) is 3.27. The lowest BCUT2D eigenvalue weighted by Crippen LogP contribution is -2.66. The molecule has 1 saturated heterocycles. The van der Waals surface area contributed by atoms with Gasteiger partial charge in [0.2, 0.25) is 0 Å². The zero-order chi connectivity index (χ0) is 24.9. The Morgan fingerprint density at radius 1 is 1.09 bits per heavy atom. The number of fused-ring (bicyclic) bond motifs is 5. The van der Waals surface area contributed by atoms with Crippen LogP contribution in [0.15, 0.2) is 11.6 Å². The standard InChI is InChI=1S/C28H40O6/c1-16(29)34-22-13-20-24(2,3)21(30)10-12-26(20,5)18-9-11-25(4)17(27(18,22)6)7-8-19(25)28(32)14-23(31)33-15-28/h7,18-20,22,32H,8-15H2,1-6H3/t18-,19-,20+,22-,25-,26-,27+,28+/m1/s1. The number of carbonyl (C=O) groups is 3. The fourth-order valence-corrected chi connectivity index (χ4v) is 9.71. The van der Waals surface area contributed by atoms with Crippen molar-refractivity contribution in [1.29, 1.82) is 0 Å². The molecule has 0 unspecified atom stereocenters. The van der Waals surface area contributed by atoms with E-state index in [1.54, 1.807) is 0 Å².